The highest BCUT2D eigenvalue weighted by atomic mass is 16.4. The van der Waals surface area contributed by atoms with Crippen LogP contribution in [-0.4, -0.2) is 60.1 Å². The first kappa shape index (κ1) is 9.93. The van der Waals surface area contributed by atoms with Crippen molar-refractivity contribution < 1.29 is 9.90 Å². The molecule has 1 N–H and O–H groups in total. The standard InChI is InChI=1S/C10H18N2O2/c1-11-5-6-12-4-2-3-8(10(13)14)9(12)7-11/h8-9H,2-7H2,1H3,(H,13,14). The minimum absolute atomic E-state index is 0.147. The Kier molecular flexibility index (Phi) is 2.74. The fourth-order valence-corrected chi connectivity index (χ4v) is 2.65. The Morgan fingerprint density at radius 1 is 1.36 bits per heavy atom. The van der Waals surface area contributed by atoms with Gasteiger partial charge < -0.3 is 10.0 Å². The van der Waals surface area contributed by atoms with Crippen molar-refractivity contribution in [2.75, 3.05) is 33.2 Å². The van der Waals surface area contributed by atoms with Crippen LogP contribution < -0.4 is 0 Å². The summed E-state index contributed by atoms with van der Waals surface area (Å²) in [7, 11) is 2.07. The normalized spacial score (nSPS) is 35.2. The van der Waals surface area contributed by atoms with Crippen LogP contribution in [0.25, 0.3) is 0 Å². The van der Waals surface area contributed by atoms with E-state index in [-0.39, 0.29) is 12.0 Å². The van der Waals surface area contributed by atoms with E-state index in [4.69, 9.17) is 5.11 Å². The number of hydrogen-bond donors (Lipinski definition) is 1. The van der Waals surface area contributed by atoms with E-state index in [1.807, 2.05) is 0 Å². The first-order valence-electron chi connectivity index (χ1n) is 5.34. The molecule has 80 valence electrons. The van der Waals surface area contributed by atoms with Crippen LogP contribution in [0, 0.1) is 5.92 Å². The maximum absolute atomic E-state index is 11.1. The van der Waals surface area contributed by atoms with Gasteiger partial charge in [-0.05, 0) is 26.4 Å². The zero-order chi connectivity index (χ0) is 10.1. The van der Waals surface area contributed by atoms with Crippen molar-refractivity contribution in [3.63, 3.8) is 0 Å². The Balaban J connectivity index is 2.08. The molecule has 0 aromatic rings. The van der Waals surface area contributed by atoms with Crippen molar-refractivity contribution in [3.05, 3.63) is 0 Å². The predicted molar refractivity (Wildman–Crippen MR) is 53.2 cm³/mol. The van der Waals surface area contributed by atoms with Crippen molar-refractivity contribution in [1.29, 1.82) is 0 Å². The molecular formula is C10H18N2O2. The van der Waals surface area contributed by atoms with Gasteiger partial charge in [-0.3, -0.25) is 9.69 Å². The number of nitrogens with zero attached hydrogens (tertiary/aromatic N) is 2. The van der Waals surface area contributed by atoms with Gasteiger partial charge in [0.1, 0.15) is 0 Å². The largest absolute Gasteiger partial charge is 0.481 e. The third-order valence-corrected chi connectivity index (χ3v) is 3.48. The van der Waals surface area contributed by atoms with Crippen LogP contribution in [-0.2, 0) is 4.79 Å². The lowest BCUT2D eigenvalue weighted by molar-refractivity contribution is -0.147. The van der Waals surface area contributed by atoms with E-state index in [0.717, 1.165) is 39.0 Å². The van der Waals surface area contributed by atoms with Crippen LogP contribution in [0.5, 0.6) is 0 Å². The average Bonchev–Trinajstić information content (AvgIpc) is 2.16. The van der Waals surface area contributed by atoms with E-state index in [0.29, 0.717) is 0 Å². The first-order chi connectivity index (χ1) is 6.68. The molecule has 0 aliphatic carbocycles. The van der Waals surface area contributed by atoms with Gasteiger partial charge in [-0.25, -0.2) is 0 Å². The maximum Gasteiger partial charge on any atom is 0.308 e. The monoisotopic (exact) mass is 198 g/mol. The van der Waals surface area contributed by atoms with Gasteiger partial charge >= 0.3 is 5.97 Å². The molecular weight excluding hydrogens is 180 g/mol. The summed E-state index contributed by atoms with van der Waals surface area (Å²) in [4.78, 5) is 15.7. The average molecular weight is 198 g/mol. The number of piperidine rings is 1. The third-order valence-electron chi connectivity index (χ3n) is 3.48. The minimum Gasteiger partial charge on any atom is -0.481 e. The summed E-state index contributed by atoms with van der Waals surface area (Å²) in [6.45, 7) is 4.10. The van der Waals surface area contributed by atoms with Crippen molar-refractivity contribution in [3.8, 4) is 0 Å². The molecule has 2 atom stereocenters. The number of aliphatic carboxylic acids is 1. The molecule has 14 heavy (non-hydrogen) atoms. The van der Waals surface area contributed by atoms with Crippen LogP contribution in [0.4, 0.5) is 0 Å². The predicted octanol–water partition coefficient (Wildman–Crippen LogP) is 0.0970. The number of hydrogen-bond acceptors (Lipinski definition) is 3. The van der Waals surface area contributed by atoms with Gasteiger partial charge in [0.15, 0.2) is 0 Å². The van der Waals surface area contributed by atoms with Gasteiger partial charge in [0.25, 0.3) is 0 Å². The third kappa shape index (κ3) is 1.77. The Labute approximate surface area is 84.5 Å². The summed E-state index contributed by atoms with van der Waals surface area (Å²) in [6, 6.07) is 0.250. The summed E-state index contributed by atoms with van der Waals surface area (Å²) < 4.78 is 0. The van der Waals surface area contributed by atoms with Crippen molar-refractivity contribution in [2.45, 2.75) is 18.9 Å². The molecule has 4 heteroatoms. The van der Waals surface area contributed by atoms with E-state index in [1.165, 1.54) is 0 Å². The SMILES string of the molecule is CN1CCN2CCCC(C(=O)O)C2C1. The summed E-state index contributed by atoms with van der Waals surface area (Å²) in [6.07, 6.45) is 1.89. The molecule has 0 bridgehead atoms. The molecule has 2 aliphatic heterocycles. The summed E-state index contributed by atoms with van der Waals surface area (Å²) in [5.74, 6) is -0.762. The molecule has 2 heterocycles. The smallest absolute Gasteiger partial charge is 0.308 e. The summed E-state index contributed by atoms with van der Waals surface area (Å²) in [5, 5.41) is 9.12. The minimum atomic E-state index is -0.616. The van der Waals surface area contributed by atoms with E-state index < -0.39 is 5.97 Å². The number of carboxylic acids is 1. The Morgan fingerprint density at radius 2 is 2.14 bits per heavy atom. The molecule has 0 aromatic heterocycles. The molecule has 2 unspecified atom stereocenters. The van der Waals surface area contributed by atoms with Crippen LogP contribution in [0.3, 0.4) is 0 Å². The molecule has 4 nitrogen and oxygen atoms in total. The number of fused-ring (bicyclic) bond motifs is 1. The molecule has 2 saturated heterocycles. The number of carboxylic acid groups (broad SMARTS) is 1. The fourth-order valence-electron chi connectivity index (χ4n) is 2.65. The van der Waals surface area contributed by atoms with E-state index >= 15 is 0 Å². The fraction of sp³-hybridized carbons (Fsp3) is 0.900. The van der Waals surface area contributed by atoms with Crippen LogP contribution >= 0.6 is 0 Å². The highest BCUT2D eigenvalue weighted by molar-refractivity contribution is 5.71. The van der Waals surface area contributed by atoms with Crippen molar-refractivity contribution >= 4 is 5.97 Å². The summed E-state index contributed by atoms with van der Waals surface area (Å²) in [5.41, 5.74) is 0. The quantitative estimate of drug-likeness (QED) is 0.649. The highest BCUT2D eigenvalue weighted by Gasteiger charge is 2.38. The highest BCUT2D eigenvalue weighted by Crippen LogP contribution is 2.26. The second kappa shape index (κ2) is 3.87. The van der Waals surface area contributed by atoms with E-state index in [2.05, 4.69) is 16.8 Å². The molecule has 2 rings (SSSR count). The van der Waals surface area contributed by atoms with Gasteiger partial charge in [-0.2, -0.15) is 0 Å². The van der Waals surface area contributed by atoms with Gasteiger partial charge in [-0.15, -0.1) is 0 Å². The van der Waals surface area contributed by atoms with E-state index in [1.54, 1.807) is 0 Å². The van der Waals surface area contributed by atoms with Crippen LogP contribution in [0.15, 0.2) is 0 Å². The van der Waals surface area contributed by atoms with Crippen LogP contribution in [0.2, 0.25) is 0 Å². The lowest BCUT2D eigenvalue weighted by Crippen LogP contribution is -2.58. The van der Waals surface area contributed by atoms with Gasteiger partial charge in [0, 0.05) is 25.7 Å². The van der Waals surface area contributed by atoms with Gasteiger partial charge in [0.2, 0.25) is 0 Å². The zero-order valence-electron chi connectivity index (χ0n) is 8.65. The summed E-state index contributed by atoms with van der Waals surface area (Å²) >= 11 is 0. The number of carbonyl (C=O) groups is 1. The van der Waals surface area contributed by atoms with E-state index in [9.17, 15) is 4.79 Å². The zero-order valence-corrected chi connectivity index (χ0v) is 8.65. The van der Waals surface area contributed by atoms with Crippen LogP contribution in [0.1, 0.15) is 12.8 Å². The number of rotatable bonds is 1. The van der Waals surface area contributed by atoms with Gasteiger partial charge in [-0.1, -0.05) is 0 Å². The first-order valence-corrected chi connectivity index (χ1v) is 5.34. The molecule has 0 saturated carbocycles. The number of piperazine rings is 1. The van der Waals surface area contributed by atoms with Gasteiger partial charge in [0.05, 0.1) is 5.92 Å². The Hall–Kier alpha value is -0.610. The molecule has 0 aromatic carbocycles. The maximum atomic E-state index is 11.1. The van der Waals surface area contributed by atoms with Crippen molar-refractivity contribution in [1.82, 2.24) is 9.80 Å². The Bertz CT molecular complexity index is 232. The Morgan fingerprint density at radius 3 is 2.86 bits per heavy atom. The lowest BCUT2D eigenvalue weighted by Gasteiger charge is -2.45. The second-order valence-corrected chi connectivity index (χ2v) is 4.45. The topological polar surface area (TPSA) is 43.8 Å². The second-order valence-electron chi connectivity index (χ2n) is 4.45. The molecule has 0 amide bonds. The van der Waals surface area contributed by atoms with Crippen molar-refractivity contribution in [2.24, 2.45) is 5.92 Å². The number of likely N-dealkylation sites (N-methyl/N-ethyl adjacent to an activating group) is 1. The molecule has 2 aliphatic rings. The molecule has 2 fully saturated rings. The molecule has 0 radical (unpaired) electrons. The molecule has 0 spiro atoms. The lowest BCUT2D eigenvalue weighted by atomic mass is 9.87.